The number of alkyl halides is 3. The molecular weight excluding hydrogens is 243 g/mol. The minimum atomic E-state index is -4.36. The van der Waals surface area contributed by atoms with E-state index < -0.39 is 11.7 Å². The molecule has 1 aliphatic heterocycles. The molecule has 0 aromatic carbocycles. The first-order valence-corrected chi connectivity index (χ1v) is 5.95. The van der Waals surface area contributed by atoms with Crippen molar-refractivity contribution >= 4 is 5.82 Å². The van der Waals surface area contributed by atoms with Gasteiger partial charge in [0.15, 0.2) is 0 Å². The summed E-state index contributed by atoms with van der Waals surface area (Å²) in [5, 5.41) is 2.82. The number of nitrogens with one attached hydrogen (secondary N) is 1. The van der Waals surface area contributed by atoms with E-state index in [-0.39, 0.29) is 11.9 Å². The lowest BCUT2D eigenvalue weighted by atomic mass is 10.2. The average Bonchev–Trinajstić information content (AvgIpc) is 2.71. The van der Waals surface area contributed by atoms with Crippen LogP contribution in [0, 0.1) is 0 Å². The van der Waals surface area contributed by atoms with Crippen LogP contribution in [0.3, 0.4) is 0 Å². The first-order chi connectivity index (χ1) is 8.48. The number of aromatic nitrogens is 1. The Morgan fingerprint density at radius 1 is 1.50 bits per heavy atom. The second-order valence-corrected chi connectivity index (χ2v) is 4.55. The molecule has 1 saturated heterocycles. The Morgan fingerprint density at radius 2 is 2.28 bits per heavy atom. The number of halogens is 3. The van der Waals surface area contributed by atoms with E-state index in [4.69, 9.17) is 0 Å². The summed E-state index contributed by atoms with van der Waals surface area (Å²) in [6.07, 6.45) is -0.886. The minimum Gasteiger partial charge on any atom is -0.368 e. The van der Waals surface area contributed by atoms with Gasteiger partial charge < -0.3 is 10.2 Å². The van der Waals surface area contributed by atoms with Crippen LogP contribution in [0.4, 0.5) is 19.0 Å². The number of nitrogens with zero attached hydrogens (tertiary/aromatic N) is 2. The van der Waals surface area contributed by atoms with Crippen LogP contribution < -0.4 is 5.32 Å². The van der Waals surface area contributed by atoms with Crippen molar-refractivity contribution in [2.24, 2.45) is 0 Å². The van der Waals surface area contributed by atoms with Crippen LogP contribution in [-0.4, -0.2) is 36.1 Å². The van der Waals surface area contributed by atoms with E-state index in [0.717, 1.165) is 25.5 Å². The van der Waals surface area contributed by atoms with Gasteiger partial charge in [0.25, 0.3) is 0 Å². The van der Waals surface area contributed by atoms with E-state index in [0.29, 0.717) is 6.54 Å². The molecule has 1 aromatic rings. The zero-order valence-electron chi connectivity index (χ0n) is 10.2. The molecule has 0 aliphatic carbocycles. The number of hydrogen-bond donors (Lipinski definition) is 1. The quantitative estimate of drug-likeness (QED) is 0.904. The van der Waals surface area contributed by atoms with Gasteiger partial charge in [0.05, 0.1) is 5.56 Å². The molecule has 100 valence electrons. The van der Waals surface area contributed by atoms with Gasteiger partial charge in [-0.3, -0.25) is 0 Å². The highest BCUT2D eigenvalue weighted by molar-refractivity contribution is 5.45. The summed E-state index contributed by atoms with van der Waals surface area (Å²) >= 11 is 0. The Kier molecular flexibility index (Phi) is 3.75. The molecule has 2 heterocycles. The summed E-state index contributed by atoms with van der Waals surface area (Å²) in [6, 6.07) is 2.64. The molecule has 3 nitrogen and oxygen atoms in total. The molecule has 0 radical (unpaired) electrons. The smallest absolute Gasteiger partial charge is 0.368 e. The SMILES string of the molecule is CN1CCCC1CNc1ncccc1C(F)(F)F. The number of likely N-dealkylation sites (N-methyl/N-ethyl adjacent to an activating group) is 1. The van der Waals surface area contributed by atoms with E-state index in [2.05, 4.69) is 15.2 Å². The Labute approximate surface area is 104 Å². The predicted octanol–water partition coefficient (Wildman–Crippen LogP) is 2.61. The lowest BCUT2D eigenvalue weighted by molar-refractivity contribution is -0.137. The summed E-state index contributed by atoms with van der Waals surface area (Å²) in [5.41, 5.74) is -0.703. The van der Waals surface area contributed by atoms with Gasteiger partial charge in [-0.05, 0) is 38.6 Å². The third-order valence-electron chi connectivity index (χ3n) is 3.29. The number of pyridine rings is 1. The molecule has 18 heavy (non-hydrogen) atoms. The lowest BCUT2D eigenvalue weighted by Crippen LogP contribution is -2.32. The highest BCUT2D eigenvalue weighted by Crippen LogP contribution is 2.33. The highest BCUT2D eigenvalue weighted by atomic mass is 19.4. The van der Waals surface area contributed by atoms with Crippen molar-refractivity contribution in [2.45, 2.75) is 25.1 Å². The second kappa shape index (κ2) is 5.14. The van der Waals surface area contributed by atoms with Crippen LogP contribution >= 0.6 is 0 Å². The molecule has 0 bridgehead atoms. The first-order valence-electron chi connectivity index (χ1n) is 5.95. The zero-order chi connectivity index (χ0) is 13.2. The van der Waals surface area contributed by atoms with Crippen LogP contribution in [-0.2, 0) is 6.18 Å². The van der Waals surface area contributed by atoms with Crippen LogP contribution in [0.2, 0.25) is 0 Å². The summed E-state index contributed by atoms with van der Waals surface area (Å²) < 4.78 is 38.2. The Morgan fingerprint density at radius 3 is 2.89 bits per heavy atom. The van der Waals surface area contributed by atoms with E-state index in [1.807, 2.05) is 7.05 Å². The van der Waals surface area contributed by atoms with Gasteiger partial charge in [0.2, 0.25) is 0 Å². The largest absolute Gasteiger partial charge is 0.419 e. The Bertz CT molecular complexity index is 406. The topological polar surface area (TPSA) is 28.2 Å². The molecule has 1 aromatic heterocycles. The first kappa shape index (κ1) is 13.1. The van der Waals surface area contributed by atoms with Crippen molar-refractivity contribution in [2.75, 3.05) is 25.5 Å². The predicted molar refractivity (Wildman–Crippen MR) is 63.4 cm³/mol. The molecule has 0 saturated carbocycles. The van der Waals surface area contributed by atoms with E-state index in [9.17, 15) is 13.2 Å². The third-order valence-corrected chi connectivity index (χ3v) is 3.29. The number of anilines is 1. The maximum atomic E-state index is 12.7. The monoisotopic (exact) mass is 259 g/mol. The fourth-order valence-corrected chi connectivity index (χ4v) is 2.23. The van der Waals surface area contributed by atoms with Crippen LogP contribution in [0.5, 0.6) is 0 Å². The lowest BCUT2D eigenvalue weighted by Gasteiger charge is -2.21. The molecule has 1 fully saturated rings. The van der Waals surface area contributed by atoms with Gasteiger partial charge in [0.1, 0.15) is 5.82 Å². The van der Waals surface area contributed by atoms with Gasteiger partial charge in [-0.15, -0.1) is 0 Å². The zero-order valence-corrected chi connectivity index (χ0v) is 10.2. The van der Waals surface area contributed by atoms with Crippen LogP contribution in [0.25, 0.3) is 0 Å². The number of hydrogen-bond acceptors (Lipinski definition) is 3. The standard InChI is InChI=1S/C12H16F3N3/c1-18-7-3-4-9(18)8-17-11-10(12(13,14)15)5-2-6-16-11/h2,5-6,9H,3-4,7-8H2,1H3,(H,16,17). The van der Waals surface area contributed by atoms with Crippen LogP contribution in [0.15, 0.2) is 18.3 Å². The molecule has 0 spiro atoms. The molecule has 1 atom stereocenters. The molecule has 6 heteroatoms. The second-order valence-electron chi connectivity index (χ2n) is 4.55. The van der Waals surface area contributed by atoms with Gasteiger partial charge in [0, 0.05) is 18.8 Å². The van der Waals surface area contributed by atoms with Crippen molar-refractivity contribution in [3.63, 3.8) is 0 Å². The summed E-state index contributed by atoms with van der Waals surface area (Å²) in [4.78, 5) is 5.94. The van der Waals surface area contributed by atoms with Crippen LogP contribution in [0.1, 0.15) is 18.4 Å². The average molecular weight is 259 g/mol. The van der Waals surface area contributed by atoms with Gasteiger partial charge in [-0.1, -0.05) is 0 Å². The molecule has 1 unspecified atom stereocenters. The molecule has 2 rings (SSSR count). The van der Waals surface area contributed by atoms with E-state index >= 15 is 0 Å². The highest BCUT2D eigenvalue weighted by Gasteiger charge is 2.34. The fourth-order valence-electron chi connectivity index (χ4n) is 2.23. The van der Waals surface area contributed by atoms with Crippen molar-refractivity contribution in [3.05, 3.63) is 23.9 Å². The van der Waals surface area contributed by atoms with Crippen molar-refractivity contribution < 1.29 is 13.2 Å². The van der Waals surface area contributed by atoms with Crippen molar-refractivity contribution in [1.82, 2.24) is 9.88 Å². The van der Waals surface area contributed by atoms with Gasteiger partial charge in [-0.25, -0.2) is 4.98 Å². The van der Waals surface area contributed by atoms with Crippen molar-refractivity contribution in [3.8, 4) is 0 Å². The van der Waals surface area contributed by atoms with Gasteiger partial charge in [-0.2, -0.15) is 13.2 Å². The molecule has 1 aliphatic rings. The maximum Gasteiger partial charge on any atom is 0.419 e. The maximum absolute atomic E-state index is 12.7. The van der Waals surface area contributed by atoms with E-state index in [1.165, 1.54) is 12.3 Å². The summed E-state index contributed by atoms with van der Waals surface area (Å²) in [5.74, 6) is -0.0784. The fraction of sp³-hybridized carbons (Fsp3) is 0.583. The number of rotatable bonds is 3. The Balaban J connectivity index is 2.05. The number of likely N-dealkylation sites (tertiary alicyclic amines) is 1. The minimum absolute atomic E-state index is 0.0784. The molecular formula is C12H16F3N3. The third kappa shape index (κ3) is 2.93. The normalized spacial score (nSPS) is 21.2. The van der Waals surface area contributed by atoms with Crippen molar-refractivity contribution in [1.29, 1.82) is 0 Å². The summed E-state index contributed by atoms with van der Waals surface area (Å²) in [6.45, 7) is 1.50. The Hall–Kier alpha value is -1.30. The molecule has 0 amide bonds. The summed E-state index contributed by atoms with van der Waals surface area (Å²) in [7, 11) is 1.99. The van der Waals surface area contributed by atoms with E-state index in [1.54, 1.807) is 0 Å². The van der Waals surface area contributed by atoms with Gasteiger partial charge >= 0.3 is 6.18 Å². The molecule has 1 N–H and O–H groups in total.